The first-order valence-corrected chi connectivity index (χ1v) is 9.79. The molecule has 0 radical (unpaired) electrons. The maximum absolute atomic E-state index is 11.2. The lowest BCUT2D eigenvalue weighted by Crippen LogP contribution is -2.06. The number of hydrogen-bond acceptors (Lipinski definition) is 3. The molecule has 3 nitrogen and oxygen atoms in total. The van der Waals surface area contributed by atoms with Crippen LogP contribution < -0.4 is 0 Å². The third kappa shape index (κ3) is 4.35. The predicted octanol–water partition coefficient (Wildman–Crippen LogP) is 5.84. The molecule has 0 heterocycles. The average molecular weight is 381 g/mol. The van der Waals surface area contributed by atoms with Gasteiger partial charge in [-0.25, -0.2) is 4.79 Å². The van der Waals surface area contributed by atoms with Gasteiger partial charge in [0, 0.05) is 12.3 Å². The van der Waals surface area contributed by atoms with E-state index in [9.17, 15) is 4.79 Å². The molecule has 3 aromatic carbocycles. The first kappa shape index (κ1) is 18.9. The molecule has 0 aliphatic heterocycles. The van der Waals surface area contributed by atoms with Gasteiger partial charge in [-0.05, 0) is 34.6 Å². The van der Waals surface area contributed by atoms with Crippen LogP contribution in [0.1, 0.15) is 36.0 Å². The quantitative estimate of drug-likeness (QED) is 0.306. The Bertz CT molecular complexity index is 985. The van der Waals surface area contributed by atoms with Gasteiger partial charge in [0.1, 0.15) is 0 Å². The van der Waals surface area contributed by atoms with Crippen LogP contribution in [0.4, 0.5) is 0 Å². The molecule has 0 saturated heterocycles. The summed E-state index contributed by atoms with van der Waals surface area (Å²) in [5.74, 6) is -0.117. The van der Waals surface area contributed by atoms with Gasteiger partial charge in [0.15, 0.2) is 0 Å². The number of oxime groups is 1. The van der Waals surface area contributed by atoms with Crippen molar-refractivity contribution in [1.29, 1.82) is 0 Å². The summed E-state index contributed by atoms with van der Waals surface area (Å²) in [6.07, 6.45) is 4.99. The first-order valence-electron chi connectivity index (χ1n) is 9.79. The highest BCUT2D eigenvalue weighted by Gasteiger charge is 2.52. The van der Waals surface area contributed by atoms with Crippen LogP contribution in [0.25, 0.3) is 5.57 Å². The van der Waals surface area contributed by atoms with Crippen LogP contribution in [0.15, 0.2) is 102 Å². The summed E-state index contributed by atoms with van der Waals surface area (Å²) in [6, 6.07) is 31.1. The third-order valence-electron chi connectivity index (χ3n) is 5.31. The van der Waals surface area contributed by atoms with E-state index in [0.29, 0.717) is 5.92 Å². The maximum Gasteiger partial charge on any atom is 0.331 e. The number of rotatable bonds is 6. The first-order chi connectivity index (χ1) is 14.2. The zero-order valence-electron chi connectivity index (χ0n) is 16.4. The van der Waals surface area contributed by atoms with E-state index in [1.54, 1.807) is 6.21 Å². The Morgan fingerprint density at radius 1 is 0.897 bits per heavy atom. The molecule has 1 fully saturated rings. The Morgan fingerprint density at radius 2 is 1.41 bits per heavy atom. The van der Waals surface area contributed by atoms with Gasteiger partial charge < -0.3 is 4.84 Å². The van der Waals surface area contributed by atoms with Crippen molar-refractivity contribution in [2.24, 2.45) is 10.6 Å². The summed E-state index contributed by atoms with van der Waals surface area (Å²) >= 11 is 0. The van der Waals surface area contributed by atoms with Crippen molar-refractivity contribution in [2.75, 3.05) is 0 Å². The molecule has 0 aromatic heterocycles. The van der Waals surface area contributed by atoms with Crippen LogP contribution >= 0.6 is 0 Å². The number of nitrogens with zero attached hydrogens (tertiary/aromatic N) is 1. The Balaban J connectivity index is 1.79. The molecule has 3 aromatic rings. The number of carbonyl (C=O) groups is 1. The second-order valence-corrected chi connectivity index (χ2v) is 7.39. The second kappa shape index (κ2) is 8.27. The predicted molar refractivity (Wildman–Crippen MR) is 116 cm³/mol. The molecule has 1 aliphatic rings. The van der Waals surface area contributed by atoms with E-state index in [1.165, 1.54) is 12.5 Å². The average Bonchev–Trinajstić information content (AvgIpc) is 3.48. The van der Waals surface area contributed by atoms with Crippen LogP contribution in [0.2, 0.25) is 0 Å². The highest BCUT2D eigenvalue weighted by atomic mass is 16.7. The fraction of sp³-hybridized carbons (Fsp3) is 0.154. The minimum absolute atomic E-state index is 0.294. The summed E-state index contributed by atoms with van der Waals surface area (Å²) in [4.78, 5) is 16.1. The topological polar surface area (TPSA) is 38.7 Å². The zero-order valence-corrected chi connectivity index (χ0v) is 16.4. The summed E-state index contributed by atoms with van der Waals surface area (Å²) in [5, 5.41) is 4.00. The zero-order chi connectivity index (χ0) is 20.1. The number of carbonyl (C=O) groups excluding carboxylic acids is 1. The van der Waals surface area contributed by atoms with Crippen LogP contribution in [-0.2, 0) is 9.63 Å². The lowest BCUT2D eigenvalue weighted by atomic mass is 9.90. The Hall–Kier alpha value is -3.46. The molecule has 0 spiro atoms. The molecule has 144 valence electrons. The minimum Gasteiger partial charge on any atom is -0.319 e. The van der Waals surface area contributed by atoms with E-state index >= 15 is 0 Å². The molecule has 3 heteroatoms. The van der Waals surface area contributed by atoms with E-state index in [4.69, 9.17) is 4.84 Å². The number of allylic oxidation sites excluding steroid dienone is 1. The Morgan fingerprint density at radius 3 is 1.93 bits per heavy atom. The van der Waals surface area contributed by atoms with E-state index in [2.05, 4.69) is 59.8 Å². The SMILES string of the molecule is CC(=O)O/N=C/[C@]1(C=C(c2ccccc2)c2ccccc2)C[C@@H]1c1ccccc1. The monoisotopic (exact) mass is 381 g/mol. The van der Waals surface area contributed by atoms with E-state index in [-0.39, 0.29) is 5.41 Å². The fourth-order valence-electron chi connectivity index (χ4n) is 3.78. The molecular weight excluding hydrogens is 358 g/mol. The highest BCUT2D eigenvalue weighted by molar-refractivity contribution is 5.86. The van der Waals surface area contributed by atoms with Gasteiger partial charge in [0.05, 0.1) is 6.21 Å². The van der Waals surface area contributed by atoms with Crippen LogP contribution in [0.5, 0.6) is 0 Å². The van der Waals surface area contributed by atoms with E-state index in [0.717, 1.165) is 23.1 Å². The van der Waals surface area contributed by atoms with Gasteiger partial charge in [-0.3, -0.25) is 0 Å². The van der Waals surface area contributed by atoms with Crippen LogP contribution in [0.3, 0.4) is 0 Å². The molecule has 29 heavy (non-hydrogen) atoms. The number of benzene rings is 3. The van der Waals surface area contributed by atoms with Crippen LogP contribution in [-0.4, -0.2) is 12.2 Å². The lowest BCUT2D eigenvalue weighted by Gasteiger charge is -2.14. The Labute approximate surface area is 171 Å². The summed E-state index contributed by atoms with van der Waals surface area (Å²) in [5.41, 5.74) is 4.42. The minimum atomic E-state index is -0.413. The molecule has 4 rings (SSSR count). The highest BCUT2D eigenvalue weighted by Crippen LogP contribution is 2.60. The van der Waals surface area contributed by atoms with Crippen LogP contribution in [0, 0.1) is 5.41 Å². The summed E-state index contributed by atoms with van der Waals surface area (Å²) in [7, 11) is 0. The van der Waals surface area contributed by atoms with Gasteiger partial charge in [0.2, 0.25) is 0 Å². The summed E-state index contributed by atoms with van der Waals surface area (Å²) < 4.78 is 0. The number of hydrogen-bond donors (Lipinski definition) is 0. The van der Waals surface area contributed by atoms with Gasteiger partial charge in [-0.1, -0.05) is 102 Å². The van der Waals surface area contributed by atoms with Gasteiger partial charge in [0.25, 0.3) is 0 Å². The molecule has 2 atom stereocenters. The molecule has 1 aliphatic carbocycles. The second-order valence-electron chi connectivity index (χ2n) is 7.39. The molecule has 0 N–H and O–H groups in total. The van der Waals surface area contributed by atoms with Crippen molar-refractivity contribution >= 4 is 17.8 Å². The van der Waals surface area contributed by atoms with Gasteiger partial charge in [-0.2, -0.15) is 0 Å². The normalized spacial score (nSPS) is 20.2. The van der Waals surface area contributed by atoms with E-state index < -0.39 is 5.97 Å². The van der Waals surface area contributed by atoms with Crippen molar-refractivity contribution in [3.05, 3.63) is 114 Å². The molecule has 0 amide bonds. The van der Waals surface area contributed by atoms with Crippen molar-refractivity contribution < 1.29 is 9.63 Å². The largest absolute Gasteiger partial charge is 0.331 e. The van der Waals surface area contributed by atoms with Gasteiger partial charge in [-0.15, -0.1) is 0 Å². The molecule has 0 bridgehead atoms. The van der Waals surface area contributed by atoms with Crippen molar-refractivity contribution in [3.8, 4) is 0 Å². The smallest absolute Gasteiger partial charge is 0.319 e. The van der Waals surface area contributed by atoms with Crippen molar-refractivity contribution in [3.63, 3.8) is 0 Å². The standard InChI is InChI=1S/C26H23NO2/c1-20(28)29-27-19-26(18-25(26)23-15-9-4-10-16-23)17-24(21-11-5-2-6-12-21)22-13-7-3-8-14-22/h2-17,19,25H,18H2,1H3/b27-19+/t25-,26+/m1/s1. The van der Waals surface area contributed by atoms with E-state index in [1.807, 2.05) is 42.5 Å². The fourth-order valence-corrected chi connectivity index (χ4v) is 3.78. The van der Waals surface area contributed by atoms with Crippen molar-refractivity contribution in [2.45, 2.75) is 19.3 Å². The van der Waals surface area contributed by atoms with Gasteiger partial charge >= 0.3 is 5.97 Å². The molecule has 0 unspecified atom stereocenters. The lowest BCUT2D eigenvalue weighted by molar-refractivity contribution is -0.140. The summed E-state index contributed by atoms with van der Waals surface area (Å²) in [6.45, 7) is 1.36. The molecular formula is C26H23NO2. The molecule has 1 saturated carbocycles. The third-order valence-corrected chi connectivity index (χ3v) is 5.31. The Kier molecular flexibility index (Phi) is 5.39. The maximum atomic E-state index is 11.2. The van der Waals surface area contributed by atoms with Crippen molar-refractivity contribution in [1.82, 2.24) is 0 Å².